The molecule has 2 aliphatic carbocycles. The molecule has 1 N–H and O–H groups in total. The second-order valence-electron chi connectivity index (χ2n) is 6.53. The summed E-state index contributed by atoms with van der Waals surface area (Å²) in [5.41, 5.74) is 3.60. The molecule has 2 atom stereocenters. The zero-order valence-corrected chi connectivity index (χ0v) is 12.9. The fourth-order valence-corrected chi connectivity index (χ4v) is 3.30. The summed E-state index contributed by atoms with van der Waals surface area (Å²) in [6.07, 6.45) is 8.74. The number of imidazole rings is 1. The van der Waals surface area contributed by atoms with E-state index in [1.54, 1.807) is 12.5 Å². The number of pyridine rings is 1. The quantitative estimate of drug-likeness (QED) is 0.943. The summed E-state index contributed by atoms with van der Waals surface area (Å²) in [5, 5.41) is 3.07. The normalized spacial score (nSPS) is 23.4. The molecule has 2 saturated carbocycles. The number of nitrogens with zero attached hydrogens (tertiary/aromatic N) is 3. The summed E-state index contributed by atoms with van der Waals surface area (Å²) in [6, 6.07) is 2.03. The van der Waals surface area contributed by atoms with Crippen LogP contribution in [0.1, 0.15) is 47.9 Å². The van der Waals surface area contributed by atoms with Crippen molar-refractivity contribution in [1.29, 1.82) is 0 Å². The van der Waals surface area contributed by atoms with Gasteiger partial charge in [-0.05, 0) is 43.7 Å². The maximum absolute atomic E-state index is 12.5. The van der Waals surface area contributed by atoms with Gasteiger partial charge >= 0.3 is 0 Å². The maximum atomic E-state index is 12.5. The van der Waals surface area contributed by atoms with E-state index in [1.807, 2.05) is 23.9 Å². The van der Waals surface area contributed by atoms with Crippen LogP contribution in [0.3, 0.4) is 0 Å². The van der Waals surface area contributed by atoms with Crippen LogP contribution in [0.2, 0.25) is 0 Å². The fourth-order valence-electron chi connectivity index (χ4n) is 3.30. The van der Waals surface area contributed by atoms with Crippen LogP contribution in [0.15, 0.2) is 24.8 Å². The zero-order valence-electron chi connectivity index (χ0n) is 12.9. The average Bonchev–Trinajstić information content (AvgIpc) is 3.39. The number of aromatic nitrogens is 3. The zero-order chi connectivity index (χ0) is 15.3. The van der Waals surface area contributed by atoms with Crippen LogP contribution in [-0.4, -0.2) is 20.4 Å². The lowest BCUT2D eigenvalue weighted by molar-refractivity contribution is -0.117. The fraction of sp³-hybridized carbons (Fsp3) is 0.471. The second kappa shape index (κ2) is 4.93. The lowest BCUT2D eigenvalue weighted by Gasteiger charge is -2.12. The molecule has 2 heterocycles. The van der Waals surface area contributed by atoms with Crippen LogP contribution in [-0.2, 0) is 11.8 Å². The van der Waals surface area contributed by atoms with Crippen LogP contribution in [0.25, 0.3) is 0 Å². The highest BCUT2D eigenvalue weighted by atomic mass is 16.2. The molecule has 0 aromatic carbocycles. The molecule has 0 radical (unpaired) electrons. The highest BCUT2D eigenvalue weighted by Gasteiger charge is 2.45. The van der Waals surface area contributed by atoms with Gasteiger partial charge in [-0.25, -0.2) is 9.97 Å². The molecule has 2 fully saturated rings. The molecule has 0 spiro atoms. The van der Waals surface area contributed by atoms with Crippen molar-refractivity contribution >= 4 is 11.7 Å². The van der Waals surface area contributed by atoms with E-state index in [0.29, 0.717) is 11.8 Å². The van der Waals surface area contributed by atoms with Gasteiger partial charge in [-0.2, -0.15) is 0 Å². The molecule has 4 rings (SSSR count). The second-order valence-corrected chi connectivity index (χ2v) is 6.53. The largest absolute Gasteiger partial charge is 0.337 e. The summed E-state index contributed by atoms with van der Waals surface area (Å²) >= 11 is 0. The van der Waals surface area contributed by atoms with Crippen molar-refractivity contribution in [2.75, 3.05) is 5.32 Å². The van der Waals surface area contributed by atoms with E-state index in [-0.39, 0.29) is 11.8 Å². The Morgan fingerprint density at radius 3 is 2.91 bits per heavy atom. The summed E-state index contributed by atoms with van der Waals surface area (Å²) in [6.45, 7) is 2.10. The Bertz CT molecular complexity index is 732. The first-order valence-electron chi connectivity index (χ1n) is 7.87. The van der Waals surface area contributed by atoms with Gasteiger partial charge in [-0.15, -0.1) is 0 Å². The van der Waals surface area contributed by atoms with E-state index in [1.165, 1.54) is 24.0 Å². The molecular weight excluding hydrogens is 276 g/mol. The summed E-state index contributed by atoms with van der Waals surface area (Å²) < 4.78 is 2.00. The van der Waals surface area contributed by atoms with Gasteiger partial charge in [0.2, 0.25) is 5.91 Å². The van der Waals surface area contributed by atoms with Crippen molar-refractivity contribution in [3.05, 3.63) is 41.6 Å². The van der Waals surface area contributed by atoms with Crippen molar-refractivity contribution < 1.29 is 4.79 Å². The third-order valence-electron chi connectivity index (χ3n) is 4.80. The Labute approximate surface area is 129 Å². The lowest BCUT2D eigenvalue weighted by Crippen LogP contribution is -2.17. The molecule has 1 amide bonds. The van der Waals surface area contributed by atoms with E-state index < -0.39 is 0 Å². The van der Waals surface area contributed by atoms with Crippen LogP contribution < -0.4 is 5.32 Å². The first-order valence-corrected chi connectivity index (χ1v) is 7.87. The Kier molecular flexibility index (Phi) is 3.03. The topological polar surface area (TPSA) is 59.8 Å². The van der Waals surface area contributed by atoms with Gasteiger partial charge < -0.3 is 9.88 Å². The van der Waals surface area contributed by atoms with Gasteiger partial charge in [0, 0.05) is 42.5 Å². The van der Waals surface area contributed by atoms with Gasteiger partial charge in [0.1, 0.15) is 5.82 Å². The summed E-state index contributed by atoms with van der Waals surface area (Å²) in [4.78, 5) is 21.1. The van der Waals surface area contributed by atoms with Crippen molar-refractivity contribution in [3.63, 3.8) is 0 Å². The Hall–Kier alpha value is -2.17. The smallest absolute Gasteiger partial charge is 0.229 e. The van der Waals surface area contributed by atoms with Gasteiger partial charge in [-0.3, -0.25) is 4.79 Å². The number of hydrogen-bond acceptors (Lipinski definition) is 3. The van der Waals surface area contributed by atoms with Crippen molar-refractivity contribution in [1.82, 2.24) is 14.5 Å². The van der Waals surface area contributed by atoms with Gasteiger partial charge in [0.05, 0.1) is 6.33 Å². The molecule has 22 heavy (non-hydrogen) atoms. The molecular formula is C17H20N4O. The third kappa shape index (κ3) is 2.30. The SMILES string of the molecule is Cc1ccnc(NC(=O)[C@@H]2C[C@H]2c2cncn2C)c1C1CC1. The van der Waals surface area contributed by atoms with Crippen LogP contribution in [0, 0.1) is 12.8 Å². The first-order chi connectivity index (χ1) is 10.6. The van der Waals surface area contributed by atoms with Gasteiger partial charge in [0.15, 0.2) is 0 Å². The highest BCUT2D eigenvalue weighted by molar-refractivity contribution is 5.95. The molecule has 2 aromatic rings. The van der Waals surface area contributed by atoms with Gasteiger partial charge in [0.25, 0.3) is 0 Å². The van der Waals surface area contributed by atoms with Crippen LogP contribution in [0.5, 0.6) is 0 Å². The van der Waals surface area contributed by atoms with Crippen LogP contribution in [0.4, 0.5) is 5.82 Å². The first kappa shape index (κ1) is 13.5. The lowest BCUT2D eigenvalue weighted by atomic mass is 10.1. The molecule has 5 nitrogen and oxygen atoms in total. The van der Waals surface area contributed by atoms with E-state index in [4.69, 9.17) is 0 Å². The number of amides is 1. The predicted molar refractivity (Wildman–Crippen MR) is 83.6 cm³/mol. The number of nitrogens with one attached hydrogen (secondary N) is 1. The Morgan fingerprint density at radius 2 is 2.23 bits per heavy atom. The standard InChI is InChI=1S/C17H20N4O/c1-10-5-6-19-16(15(10)11-3-4-11)20-17(22)13-7-12(13)14-8-18-9-21(14)2/h5-6,8-9,11-13H,3-4,7H2,1-2H3,(H,19,20,22)/t12-,13-/m1/s1. The minimum atomic E-state index is 0.0461. The summed E-state index contributed by atoms with van der Waals surface area (Å²) in [5.74, 6) is 1.77. The molecule has 0 bridgehead atoms. The minimum absolute atomic E-state index is 0.0461. The van der Waals surface area contributed by atoms with E-state index >= 15 is 0 Å². The molecule has 0 saturated heterocycles. The van der Waals surface area contributed by atoms with Crippen molar-refractivity contribution in [2.24, 2.45) is 13.0 Å². The van der Waals surface area contributed by atoms with Crippen LogP contribution >= 0.6 is 0 Å². The highest BCUT2D eigenvalue weighted by Crippen LogP contribution is 2.48. The van der Waals surface area contributed by atoms with E-state index in [9.17, 15) is 4.79 Å². The molecule has 5 heteroatoms. The Balaban J connectivity index is 1.50. The number of carbonyl (C=O) groups is 1. The third-order valence-corrected chi connectivity index (χ3v) is 4.80. The molecule has 2 aromatic heterocycles. The molecule has 2 aliphatic rings. The number of carbonyl (C=O) groups excluding carboxylic acids is 1. The predicted octanol–water partition coefficient (Wildman–Crippen LogP) is 2.74. The number of aryl methyl sites for hydroxylation is 2. The van der Waals surface area contributed by atoms with Crippen molar-refractivity contribution in [3.8, 4) is 0 Å². The molecule has 114 valence electrons. The molecule has 0 unspecified atom stereocenters. The van der Waals surface area contributed by atoms with E-state index in [2.05, 4.69) is 22.2 Å². The van der Waals surface area contributed by atoms with E-state index in [0.717, 1.165) is 17.9 Å². The minimum Gasteiger partial charge on any atom is -0.337 e. The monoisotopic (exact) mass is 296 g/mol. The Morgan fingerprint density at radius 1 is 1.41 bits per heavy atom. The summed E-state index contributed by atoms with van der Waals surface area (Å²) in [7, 11) is 1.98. The molecule has 0 aliphatic heterocycles. The number of hydrogen-bond donors (Lipinski definition) is 1. The van der Waals surface area contributed by atoms with Gasteiger partial charge in [-0.1, -0.05) is 0 Å². The number of rotatable bonds is 4. The number of anilines is 1. The van der Waals surface area contributed by atoms with Crippen molar-refractivity contribution in [2.45, 2.75) is 38.0 Å². The maximum Gasteiger partial charge on any atom is 0.229 e. The average molecular weight is 296 g/mol.